The minimum absolute atomic E-state index is 0.160. The molecule has 0 aliphatic rings. The predicted octanol–water partition coefficient (Wildman–Crippen LogP) is 2.94. The van der Waals surface area contributed by atoms with Gasteiger partial charge in [0.25, 0.3) is 5.91 Å². The minimum atomic E-state index is -1.06. The van der Waals surface area contributed by atoms with Crippen molar-refractivity contribution in [3.05, 3.63) is 28.2 Å². The summed E-state index contributed by atoms with van der Waals surface area (Å²) in [5.41, 5.74) is 0. The van der Waals surface area contributed by atoms with E-state index in [2.05, 4.69) is 0 Å². The van der Waals surface area contributed by atoms with E-state index in [4.69, 9.17) is 33.0 Å². The van der Waals surface area contributed by atoms with Gasteiger partial charge in [-0.15, -0.1) is 0 Å². The maximum Gasteiger partial charge on any atom is 0.323 e. The van der Waals surface area contributed by atoms with Gasteiger partial charge in [-0.05, 0) is 24.1 Å². The maximum absolute atomic E-state index is 12.0. The van der Waals surface area contributed by atoms with Crippen molar-refractivity contribution in [1.29, 1.82) is 0 Å². The van der Waals surface area contributed by atoms with Gasteiger partial charge in [0.2, 0.25) is 0 Å². The fraction of sp³-hybridized carbons (Fsp3) is 0.429. The van der Waals surface area contributed by atoms with Gasteiger partial charge in [0.1, 0.15) is 12.3 Å². The van der Waals surface area contributed by atoms with E-state index in [-0.39, 0.29) is 19.1 Å². The smallest absolute Gasteiger partial charge is 0.323 e. The molecule has 116 valence electrons. The van der Waals surface area contributed by atoms with E-state index < -0.39 is 11.9 Å². The van der Waals surface area contributed by atoms with E-state index in [0.717, 1.165) is 0 Å². The number of hydrogen-bond donors (Lipinski definition) is 1. The fourth-order valence-electron chi connectivity index (χ4n) is 1.68. The zero-order chi connectivity index (χ0) is 16.0. The largest absolute Gasteiger partial charge is 0.482 e. The second-order valence-corrected chi connectivity index (χ2v) is 5.77. The molecular formula is C14H17Cl2NO4. The van der Waals surface area contributed by atoms with Crippen LogP contribution in [0.5, 0.6) is 5.75 Å². The minimum Gasteiger partial charge on any atom is -0.482 e. The molecule has 1 aromatic carbocycles. The molecule has 0 radical (unpaired) electrons. The summed E-state index contributed by atoms with van der Waals surface area (Å²) >= 11 is 11.7. The summed E-state index contributed by atoms with van der Waals surface area (Å²) < 4.78 is 5.32. The molecule has 0 bridgehead atoms. The molecule has 0 spiro atoms. The molecule has 7 heteroatoms. The molecule has 0 saturated heterocycles. The zero-order valence-corrected chi connectivity index (χ0v) is 13.3. The summed E-state index contributed by atoms with van der Waals surface area (Å²) in [4.78, 5) is 24.1. The van der Waals surface area contributed by atoms with E-state index in [1.165, 1.54) is 11.0 Å². The van der Waals surface area contributed by atoms with Crippen LogP contribution in [0.4, 0.5) is 0 Å². The first-order chi connectivity index (χ1) is 9.79. The Hall–Kier alpha value is -1.46. The summed E-state index contributed by atoms with van der Waals surface area (Å²) in [6.07, 6.45) is 0. The molecule has 5 nitrogen and oxygen atoms in total. The second kappa shape index (κ2) is 8.10. The molecule has 0 saturated carbocycles. The Labute approximate surface area is 133 Å². The van der Waals surface area contributed by atoms with Gasteiger partial charge in [0.15, 0.2) is 6.61 Å². The highest BCUT2D eigenvalue weighted by Gasteiger charge is 2.18. The van der Waals surface area contributed by atoms with Gasteiger partial charge in [-0.2, -0.15) is 0 Å². The molecule has 21 heavy (non-hydrogen) atoms. The summed E-state index contributed by atoms with van der Waals surface area (Å²) in [5.74, 6) is -0.979. The first kappa shape index (κ1) is 17.6. The molecule has 0 aliphatic carbocycles. The Morgan fingerprint density at radius 2 is 2.00 bits per heavy atom. The number of hydrogen-bond acceptors (Lipinski definition) is 3. The molecule has 1 aromatic rings. The van der Waals surface area contributed by atoms with Crippen LogP contribution >= 0.6 is 23.2 Å². The lowest BCUT2D eigenvalue weighted by Gasteiger charge is -2.22. The Morgan fingerprint density at radius 3 is 2.52 bits per heavy atom. The van der Waals surface area contributed by atoms with E-state index in [0.29, 0.717) is 22.3 Å². The Bertz CT molecular complexity index is 520. The number of benzene rings is 1. The number of rotatable bonds is 7. The Morgan fingerprint density at radius 1 is 1.33 bits per heavy atom. The third-order valence-corrected chi connectivity index (χ3v) is 3.04. The molecular weight excluding hydrogens is 317 g/mol. The first-order valence-electron chi connectivity index (χ1n) is 6.37. The third-order valence-electron chi connectivity index (χ3n) is 2.51. The number of halogens is 2. The molecule has 1 N–H and O–H groups in total. The van der Waals surface area contributed by atoms with Gasteiger partial charge in [-0.3, -0.25) is 9.59 Å². The van der Waals surface area contributed by atoms with Gasteiger partial charge in [0, 0.05) is 11.6 Å². The molecule has 0 atom stereocenters. The predicted molar refractivity (Wildman–Crippen MR) is 81.0 cm³/mol. The van der Waals surface area contributed by atoms with Crippen molar-refractivity contribution in [2.45, 2.75) is 13.8 Å². The highest BCUT2D eigenvalue weighted by molar-refractivity contribution is 6.35. The summed E-state index contributed by atoms with van der Waals surface area (Å²) in [6.45, 7) is 3.52. The molecule has 1 amide bonds. The van der Waals surface area contributed by atoms with Crippen LogP contribution in [0.25, 0.3) is 0 Å². The standard InChI is InChI=1S/C14H17Cl2NO4/c1-9(2)6-17(7-14(19)20)13(18)8-21-12-4-3-10(15)5-11(12)16/h3-5,9H,6-8H2,1-2H3,(H,19,20). The zero-order valence-electron chi connectivity index (χ0n) is 11.8. The quantitative estimate of drug-likeness (QED) is 0.833. The number of ether oxygens (including phenoxy) is 1. The SMILES string of the molecule is CC(C)CN(CC(=O)O)C(=O)COc1ccc(Cl)cc1Cl. The highest BCUT2D eigenvalue weighted by atomic mass is 35.5. The van der Waals surface area contributed by atoms with Crippen molar-refractivity contribution in [2.24, 2.45) is 5.92 Å². The number of carbonyl (C=O) groups is 2. The van der Waals surface area contributed by atoms with Crippen LogP contribution in [-0.4, -0.2) is 41.6 Å². The summed E-state index contributed by atoms with van der Waals surface area (Å²) in [6, 6.07) is 4.66. The van der Waals surface area contributed by atoms with Gasteiger partial charge in [-0.1, -0.05) is 37.0 Å². The van der Waals surface area contributed by atoms with Gasteiger partial charge in [0.05, 0.1) is 5.02 Å². The topological polar surface area (TPSA) is 66.8 Å². The monoisotopic (exact) mass is 333 g/mol. The van der Waals surface area contributed by atoms with E-state index in [1.54, 1.807) is 12.1 Å². The fourth-order valence-corrected chi connectivity index (χ4v) is 2.14. The van der Waals surface area contributed by atoms with Crippen molar-refractivity contribution < 1.29 is 19.4 Å². The van der Waals surface area contributed by atoms with Crippen molar-refractivity contribution in [3.63, 3.8) is 0 Å². The van der Waals surface area contributed by atoms with Crippen LogP contribution in [0.2, 0.25) is 10.0 Å². The number of aliphatic carboxylic acids is 1. The van der Waals surface area contributed by atoms with Crippen LogP contribution in [0.15, 0.2) is 18.2 Å². The van der Waals surface area contributed by atoms with Crippen molar-refractivity contribution in [3.8, 4) is 5.75 Å². The normalized spacial score (nSPS) is 10.5. The lowest BCUT2D eigenvalue weighted by Crippen LogP contribution is -2.40. The van der Waals surface area contributed by atoms with E-state index >= 15 is 0 Å². The first-order valence-corrected chi connectivity index (χ1v) is 7.12. The average molecular weight is 334 g/mol. The number of amides is 1. The molecule has 0 aromatic heterocycles. The second-order valence-electron chi connectivity index (χ2n) is 4.93. The third kappa shape index (κ3) is 6.23. The summed E-state index contributed by atoms with van der Waals surface area (Å²) in [5, 5.41) is 9.59. The van der Waals surface area contributed by atoms with Crippen LogP contribution in [0.3, 0.4) is 0 Å². The Balaban J connectivity index is 2.66. The van der Waals surface area contributed by atoms with Gasteiger partial charge in [-0.25, -0.2) is 0 Å². The van der Waals surface area contributed by atoms with Gasteiger partial charge >= 0.3 is 5.97 Å². The lowest BCUT2D eigenvalue weighted by atomic mass is 10.2. The maximum atomic E-state index is 12.0. The number of carboxylic acid groups (broad SMARTS) is 1. The molecule has 0 fully saturated rings. The van der Waals surface area contributed by atoms with Crippen molar-refractivity contribution in [2.75, 3.05) is 19.7 Å². The number of carboxylic acids is 1. The summed E-state index contributed by atoms with van der Waals surface area (Å²) in [7, 11) is 0. The average Bonchev–Trinajstić information content (AvgIpc) is 2.35. The van der Waals surface area contributed by atoms with Crippen LogP contribution in [0, 0.1) is 5.92 Å². The van der Waals surface area contributed by atoms with Gasteiger partial charge < -0.3 is 14.7 Å². The molecule has 0 unspecified atom stereocenters. The number of carbonyl (C=O) groups excluding carboxylic acids is 1. The molecule has 0 aliphatic heterocycles. The van der Waals surface area contributed by atoms with Crippen LogP contribution in [0.1, 0.15) is 13.8 Å². The van der Waals surface area contributed by atoms with Crippen LogP contribution in [-0.2, 0) is 9.59 Å². The number of nitrogens with zero attached hydrogens (tertiary/aromatic N) is 1. The van der Waals surface area contributed by atoms with E-state index in [9.17, 15) is 9.59 Å². The molecule has 0 heterocycles. The van der Waals surface area contributed by atoms with E-state index in [1.807, 2.05) is 13.8 Å². The van der Waals surface area contributed by atoms with Crippen LogP contribution < -0.4 is 4.74 Å². The van der Waals surface area contributed by atoms with Crippen molar-refractivity contribution >= 4 is 35.1 Å². The Kier molecular flexibility index (Phi) is 6.78. The van der Waals surface area contributed by atoms with Crippen molar-refractivity contribution in [1.82, 2.24) is 4.90 Å². The molecule has 1 rings (SSSR count). The highest BCUT2D eigenvalue weighted by Crippen LogP contribution is 2.27. The lowest BCUT2D eigenvalue weighted by molar-refractivity contribution is -0.145.